The number of rotatable bonds is 1. The largest absolute Gasteiger partial charge is 0.508 e. The number of likely N-dealkylation sites (tertiary alicyclic amines) is 1. The van der Waals surface area contributed by atoms with E-state index in [1.807, 2.05) is 0 Å². The lowest BCUT2D eigenvalue weighted by molar-refractivity contribution is 0.0765. The maximum Gasteiger partial charge on any atom is 0.255 e. The van der Waals surface area contributed by atoms with E-state index in [-0.39, 0.29) is 17.2 Å². The SMILES string of the molecule is O=C(c1cc(O)ccc1Cl)N1CC[C@@H](O)C1. The maximum atomic E-state index is 12.0. The molecule has 0 bridgehead atoms. The Morgan fingerprint density at radius 3 is 2.88 bits per heavy atom. The Kier molecular flexibility index (Phi) is 3.03. The van der Waals surface area contributed by atoms with E-state index in [9.17, 15) is 15.0 Å². The van der Waals surface area contributed by atoms with Crippen molar-refractivity contribution in [1.29, 1.82) is 0 Å². The molecule has 0 saturated carbocycles. The maximum absolute atomic E-state index is 12.0. The molecular weight excluding hydrogens is 230 g/mol. The Labute approximate surface area is 98.1 Å². The van der Waals surface area contributed by atoms with E-state index in [4.69, 9.17) is 11.6 Å². The summed E-state index contributed by atoms with van der Waals surface area (Å²) in [7, 11) is 0. The molecule has 0 spiro atoms. The molecule has 1 saturated heterocycles. The van der Waals surface area contributed by atoms with Crippen molar-refractivity contribution in [3.05, 3.63) is 28.8 Å². The van der Waals surface area contributed by atoms with Crippen LogP contribution in [-0.4, -0.2) is 40.2 Å². The molecule has 2 N–H and O–H groups in total. The molecule has 86 valence electrons. The Bertz CT molecular complexity index is 422. The van der Waals surface area contributed by atoms with Crippen LogP contribution in [0.25, 0.3) is 0 Å². The van der Waals surface area contributed by atoms with E-state index >= 15 is 0 Å². The van der Waals surface area contributed by atoms with Gasteiger partial charge in [-0.2, -0.15) is 0 Å². The molecule has 1 aliphatic rings. The van der Waals surface area contributed by atoms with Crippen LogP contribution in [-0.2, 0) is 0 Å². The van der Waals surface area contributed by atoms with Crippen molar-refractivity contribution in [2.45, 2.75) is 12.5 Å². The van der Waals surface area contributed by atoms with Crippen LogP contribution < -0.4 is 0 Å². The number of aliphatic hydroxyl groups excluding tert-OH is 1. The molecule has 5 heteroatoms. The minimum Gasteiger partial charge on any atom is -0.508 e. The second kappa shape index (κ2) is 4.31. The van der Waals surface area contributed by atoms with Crippen molar-refractivity contribution in [1.82, 2.24) is 4.90 Å². The molecule has 0 aromatic heterocycles. The molecule has 1 aromatic carbocycles. The van der Waals surface area contributed by atoms with Gasteiger partial charge in [0.1, 0.15) is 5.75 Å². The molecule has 1 aromatic rings. The molecular formula is C11H12ClNO3. The van der Waals surface area contributed by atoms with Crippen LogP contribution in [0, 0.1) is 0 Å². The number of aliphatic hydroxyl groups is 1. The molecule has 0 aliphatic carbocycles. The van der Waals surface area contributed by atoms with Crippen LogP contribution in [0.2, 0.25) is 5.02 Å². The summed E-state index contributed by atoms with van der Waals surface area (Å²) >= 11 is 5.88. The number of hydrogen-bond donors (Lipinski definition) is 2. The van der Waals surface area contributed by atoms with Gasteiger partial charge in [-0.25, -0.2) is 0 Å². The predicted octanol–water partition coefficient (Wildman–Crippen LogP) is 1.25. The number of carbonyl (C=O) groups is 1. The summed E-state index contributed by atoms with van der Waals surface area (Å²) in [5, 5.41) is 19.0. The second-order valence-corrected chi connectivity index (χ2v) is 4.27. The van der Waals surface area contributed by atoms with Crippen molar-refractivity contribution in [2.75, 3.05) is 13.1 Å². The summed E-state index contributed by atoms with van der Waals surface area (Å²) in [4.78, 5) is 13.5. The van der Waals surface area contributed by atoms with E-state index in [2.05, 4.69) is 0 Å². The standard InChI is InChI=1S/C11H12ClNO3/c12-10-2-1-7(14)5-9(10)11(16)13-4-3-8(15)6-13/h1-2,5,8,14-15H,3-4,6H2/t8-/m1/s1. The van der Waals surface area contributed by atoms with Gasteiger partial charge < -0.3 is 15.1 Å². The van der Waals surface area contributed by atoms with Gasteiger partial charge in [-0.05, 0) is 24.6 Å². The van der Waals surface area contributed by atoms with Gasteiger partial charge in [0.25, 0.3) is 5.91 Å². The van der Waals surface area contributed by atoms with Crippen LogP contribution in [0.1, 0.15) is 16.8 Å². The number of phenolic OH excluding ortho intramolecular Hbond substituents is 1. The first kappa shape index (κ1) is 11.2. The van der Waals surface area contributed by atoms with E-state index in [1.54, 1.807) is 0 Å². The van der Waals surface area contributed by atoms with Crippen molar-refractivity contribution in [2.24, 2.45) is 0 Å². The summed E-state index contributed by atoms with van der Waals surface area (Å²) in [6.07, 6.45) is 0.127. The minimum atomic E-state index is -0.458. The van der Waals surface area contributed by atoms with E-state index in [0.29, 0.717) is 24.5 Å². The second-order valence-electron chi connectivity index (χ2n) is 3.86. The quantitative estimate of drug-likeness (QED) is 0.778. The fraction of sp³-hybridized carbons (Fsp3) is 0.364. The molecule has 16 heavy (non-hydrogen) atoms. The normalized spacial score (nSPS) is 20.1. The van der Waals surface area contributed by atoms with Crippen molar-refractivity contribution < 1.29 is 15.0 Å². The van der Waals surface area contributed by atoms with Crippen LogP contribution in [0.5, 0.6) is 5.75 Å². The van der Waals surface area contributed by atoms with Gasteiger partial charge in [0.2, 0.25) is 0 Å². The highest BCUT2D eigenvalue weighted by atomic mass is 35.5. The zero-order valence-electron chi connectivity index (χ0n) is 8.56. The van der Waals surface area contributed by atoms with Gasteiger partial charge in [-0.1, -0.05) is 11.6 Å². The Balaban J connectivity index is 2.23. The van der Waals surface area contributed by atoms with Gasteiger partial charge >= 0.3 is 0 Å². The number of β-amino-alcohol motifs (C(OH)–C–C–N with tert-alkyl or cyclic N) is 1. The number of carbonyl (C=O) groups excluding carboxylic acids is 1. The first-order chi connectivity index (χ1) is 7.58. The predicted molar refractivity (Wildman–Crippen MR) is 59.6 cm³/mol. The Hall–Kier alpha value is -1.26. The third-order valence-electron chi connectivity index (χ3n) is 2.63. The summed E-state index contributed by atoms with van der Waals surface area (Å²) < 4.78 is 0. The fourth-order valence-electron chi connectivity index (χ4n) is 1.77. The van der Waals surface area contributed by atoms with E-state index < -0.39 is 6.10 Å². The number of aromatic hydroxyl groups is 1. The third-order valence-corrected chi connectivity index (χ3v) is 2.96. The summed E-state index contributed by atoms with van der Waals surface area (Å²) in [6, 6.07) is 4.25. The number of nitrogens with zero attached hydrogens (tertiary/aromatic N) is 1. The highest BCUT2D eigenvalue weighted by Gasteiger charge is 2.26. The lowest BCUT2D eigenvalue weighted by Crippen LogP contribution is -2.29. The number of amides is 1. The lowest BCUT2D eigenvalue weighted by Gasteiger charge is -2.16. The van der Waals surface area contributed by atoms with Crippen LogP contribution in [0.15, 0.2) is 18.2 Å². The monoisotopic (exact) mass is 241 g/mol. The molecule has 0 unspecified atom stereocenters. The number of halogens is 1. The molecule has 4 nitrogen and oxygen atoms in total. The lowest BCUT2D eigenvalue weighted by atomic mass is 10.2. The molecule has 1 amide bonds. The summed E-state index contributed by atoms with van der Waals surface area (Å²) in [6.45, 7) is 0.844. The Morgan fingerprint density at radius 2 is 2.25 bits per heavy atom. The average Bonchev–Trinajstić information content (AvgIpc) is 2.67. The smallest absolute Gasteiger partial charge is 0.255 e. The van der Waals surface area contributed by atoms with E-state index in [0.717, 1.165) is 0 Å². The van der Waals surface area contributed by atoms with Gasteiger partial charge in [0.15, 0.2) is 0 Å². The Morgan fingerprint density at radius 1 is 1.50 bits per heavy atom. The average molecular weight is 242 g/mol. The molecule has 1 aliphatic heterocycles. The third kappa shape index (κ3) is 2.13. The minimum absolute atomic E-state index is 0.00694. The van der Waals surface area contributed by atoms with Gasteiger partial charge in [-0.15, -0.1) is 0 Å². The van der Waals surface area contributed by atoms with Crippen LogP contribution in [0.3, 0.4) is 0 Å². The van der Waals surface area contributed by atoms with Crippen LogP contribution in [0.4, 0.5) is 0 Å². The van der Waals surface area contributed by atoms with Crippen molar-refractivity contribution >= 4 is 17.5 Å². The fourth-order valence-corrected chi connectivity index (χ4v) is 1.97. The first-order valence-corrected chi connectivity index (χ1v) is 5.41. The molecule has 1 heterocycles. The molecule has 1 atom stereocenters. The molecule has 1 fully saturated rings. The topological polar surface area (TPSA) is 60.8 Å². The number of benzene rings is 1. The van der Waals surface area contributed by atoms with Crippen LogP contribution >= 0.6 is 11.6 Å². The molecule has 0 radical (unpaired) electrons. The highest BCUT2D eigenvalue weighted by molar-refractivity contribution is 6.33. The zero-order chi connectivity index (χ0) is 11.7. The van der Waals surface area contributed by atoms with Crippen molar-refractivity contribution in [3.8, 4) is 5.75 Å². The number of hydrogen-bond acceptors (Lipinski definition) is 3. The van der Waals surface area contributed by atoms with Gasteiger partial charge in [0.05, 0.1) is 16.7 Å². The van der Waals surface area contributed by atoms with E-state index in [1.165, 1.54) is 23.1 Å². The highest BCUT2D eigenvalue weighted by Crippen LogP contribution is 2.24. The first-order valence-electron chi connectivity index (χ1n) is 5.04. The zero-order valence-corrected chi connectivity index (χ0v) is 9.31. The summed E-state index contributed by atoms with van der Waals surface area (Å²) in [5.74, 6) is -0.245. The van der Waals surface area contributed by atoms with Gasteiger partial charge in [0, 0.05) is 13.1 Å². The summed E-state index contributed by atoms with van der Waals surface area (Å²) in [5.41, 5.74) is 0.274. The number of phenols is 1. The molecule has 2 rings (SSSR count). The van der Waals surface area contributed by atoms with Gasteiger partial charge in [-0.3, -0.25) is 4.79 Å². The van der Waals surface area contributed by atoms with Crippen molar-refractivity contribution in [3.63, 3.8) is 0 Å².